The average molecular weight is 249 g/mol. The van der Waals surface area contributed by atoms with Crippen LogP contribution in [0.4, 0.5) is 18.0 Å². The summed E-state index contributed by atoms with van der Waals surface area (Å²) in [5.41, 5.74) is 4.23. The standard InChI is InChI=1S/C10H10F3NO3/c11-5-3-6(9(13)7(12)4-5)8(1-2-15)17-10(14)16/h3-4,8,15H,1-2H2,(H2,14,16). The molecule has 0 saturated heterocycles. The van der Waals surface area contributed by atoms with Crippen LogP contribution in [-0.2, 0) is 4.74 Å². The van der Waals surface area contributed by atoms with Gasteiger partial charge in [0.15, 0.2) is 11.6 Å². The van der Waals surface area contributed by atoms with E-state index in [-0.39, 0.29) is 6.42 Å². The molecule has 4 nitrogen and oxygen atoms in total. The highest BCUT2D eigenvalue weighted by atomic mass is 19.2. The number of hydrogen-bond acceptors (Lipinski definition) is 3. The molecule has 1 rings (SSSR count). The Bertz CT molecular complexity index is 426. The van der Waals surface area contributed by atoms with Gasteiger partial charge in [-0.2, -0.15) is 0 Å². The van der Waals surface area contributed by atoms with E-state index in [1.165, 1.54) is 0 Å². The van der Waals surface area contributed by atoms with Crippen molar-refractivity contribution in [2.45, 2.75) is 12.5 Å². The minimum Gasteiger partial charge on any atom is -0.441 e. The van der Waals surface area contributed by atoms with Crippen LogP contribution in [0.1, 0.15) is 18.1 Å². The molecule has 1 aromatic carbocycles. The summed E-state index contributed by atoms with van der Waals surface area (Å²) in [6.07, 6.45) is -2.78. The van der Waals surface area contributed by atoms with Gasteiger partial charge < -0.3 is 15.6 Å². The van der Waals surface area contributed by atoms with Gasteiger partial charge in [-0.3, -0.25) is 0 Å². The van der Waals surface area contributed by atoms with Crippen molar-refractivity contribution in [1.82, 2.24) is 0 Å². The van der Waals surface area contributed by atoms with Crippen molar-refractivity contribution >= 4 is 6.09 Å². The van der Waals surface area contributed by atoms with E-state index < -0.39 is 41.8 Å². The van der Waals surface area contributed by atoms with Gasteiger partial charge in [0.05, 0.1) is 0 Å². The van der Waals surface area contributed by atoms with Crippen molar-refractivity contribution in [3.63, 3.8) is 0 Å². The molecule has 94 valence electrons. The summed E-state index contributed by atoms with van der Waals surface area (Å²) >= 11 is 0. The molecule has 0 aliphatic carbocycles. The summed E-state index contributed by atoms with van der Waals surface area (Å²) < 4.78 is 43.7. The molecule has 1 unspecified atom stereocenters. The molecule has 3 N–H and O–H groups in total. The highest BCUT2D eigenvalue weighted by molar-refractivity contribution is 5.65. The molecule has 0 saturated carbocycles. The van der Waals surface area contributed by atoms with Crippen LogP contribution in [0.25, 0.3) is 0 Å². The van der Waals surface area contributed by atoms with Crippen LogP contribution in [0.15, 0.2) is 12.1 Å². The zero-order valence-electron chi connectivity index (χ0n) is 8.62. The lowest BCUT2D eigenvalue weighted by Crippen LogP contribution is -2.19. The number of halogens is 3. The zero-order valence-corrected chi connectivity index (χ0v) is 8.62. The highest BCUT2D eigenvalue weighted by Gasteiger charge is 2.22. The van der Waals surface area contributed by atoms with Crippen LogP contribution in [0, 0.1) is 17.5 Å². The highest BCUT2D eigenvalue weighted by Crippen LogP contribution is 2.26. The number of nitrogens with two attached hydrogens (primary N) is 1. The largest absolute Gasteiger partial charge is 0.441 e. The molecule has 0 aromatic heterocycles. The fourth-order valence-corrected chi connectivity index (χ4v) is 1.35. The third kappa shape index (κ3) is 3.35. The molecule has 0 spiro atoms. The van der Waals surface area contributed by atoms with E-state index in [2.05, 4.69) is 4.74 Å². The van der Waals surface area contributed by atoms with Gasteiger partial charge in [-0.1, -0.05) is 0 Å². The maximum atomic E-state index is 13.4. The molecule has 0 fully saturated rings. The van der Waals surface area contributed by atoms with Gasteiger partial charge >= 0.3 is 6.09 Å². The first-order valence-corrected chi connectivity index (χ1v) is 4.67. The lowest BCUT2D eigenvalue weighted by atomic mass is 10.1. The molecule has 0 radical (unpaired) electrons. The van der Waals surface area contributed by atoms with Gasteiger partial charge in [0.1, 0.15) is 11.9 Å². The Balaban J connectivity index is 3.12. The molecule has 1 amide bonds. The van der Waals surface area contributed by atoms with Crippen LogP contribution >= 0.6 is 0 Å². The van der Waals surface area contributed by atoms with Gasteiger partial charge in [-0.25, -0.2) is 18.0 Å². The molecular formula is C10H10F3NO3. The molecule has 0 bridgehead atoms. The van der Waals surface area contributed by atoms with Crippen LogP contribution in [0.5, 0.6) is 0 Å². The van der Waals surface area contributed by atoms with Crippen molar-refractivity contribution in [2.75, 3.05) is 6.61 Å². The summed E-state index contributed by atoms with van der Waals surface area (Å²) in [7, 11) is 0. The van der Waals surface area contributed by atoms with Crippen molar-refractivity contribution < 1.29 is 27.8 Å². The summed E-state index contributed by atoms with van der Waals surface area (Å²) in [6.45, 7) is -0.463. The van der Waals surface area contributed by atoms with E-state index in [0.29, 0.717) is 12.1 Å². The maximum absolute atomic E-state index is 13.4. The Morgan fingerprint density at radius 2 is 2.06 bits per heavy atom. The molecular weight excluding hydrogens is 239 g/mol. The maximum Gasteiger partial charge on any atom is 0.405 e. The van der Waals surface area contributed by atoms with E-state index in [0.717, 1.165) is 0 Å². The second-order valence-electron chi connectivity index (χ2n) is 3.23. The first-order chi connectivity index (χ1) is 7.95. The van der Waals surface area contributed by atoms with Gasteiger partial charge in [-0.05, 0) is 6.07 Å². The lowest BCUT2D eigenvalue weighted by molar-refractivity contribution is 0.0849. The quantitative estimate of drug-likeness (QED) is 0.796. The minimum atomic E-state index is -1.41. The van der Waals surface area contributed by atoms with E-state index in [1.54, 1.807) is 0 Å². The van der Waals surface area contributed by atoms with Crippen LogP contribution in [0.3, 0.4) is 0 Å². The molecule has 0 heterocycles. The normalized spacial score (nSPS) is 12.2. The van der Waals surface area contributed by atoms with Crippen molar-refractivity contribution in [1.29, 1.82) is 0 Å². The molecule has 0 aliphatic rings. The fraction of sp³-hybridized carbons (Fsp3) is 0.300. The molecule has 1 aromatic rings. The second-order valence-corrected chi connectivity index (χ2v) is 3.23. The molecule has 7 heteroatoms. The van der Waals surface area contributed by atoms with Gasteiger partial charge in [0.2, 0.25) is 0 Å². The number of aliphatic hydroxyl groups excluding tert-OH is 1. The minimum absolute atomic E-state index is 0.219. The molecule has 1 atom stereocenters. The number of benzene rings is 1. The average Bonchev–Trinajstić information content (AvgIpc) is 2.22. The van der Waals surface area contributed by atoms with E-state index >= 15 is 0 Å². The third-order valence-corrected chi connectivity index (χ3v) is 2.02. The SMILES string of the molecule is NC(=O)OC(CCO)c1cc(F)cc(F)c1F. The summed E-state index contributed by atoms with van der Waals surface area (Å²) in [5.74, 6) is -3.77. The number of aliphatic hydroxyl groups is 1. The van der Waals surface area contributed by atoms with Crippen LogP contribution in [-0.4, -0.2) is 17.8 Å². The van der Waals surface area contributed by atoms with Gasteiger partial charge in [-0.15, -0.1) is 0 Å². The van der Waals surface area contributed by atoms with Crippen LogP contribution in [0.2, 0.25) is 0 Å². The van der Waals surface area contributed by atoms with Crippen molar-refractivity contribution in [3.05, 3.63) is 35.1 Å². The molecule has 17 heavy (non-hydrogen) atoms. The number of carbonyl (C=O) groups is 1. The first-order valence-electron chi connectivity index (χ1n) is 4.67. The number of amides is 1. The lowest BCUT2D eigenvalue weighted by Gasteiger charge is -2.16. The Kier molecular flexibility index (Phi) is 4.33. The Labute approximate surface area is 94.8 Å². The summed E-state index contributed by atoms with van der Waals surface area (Å²) in [6, 6.07) is 1.04. The fourth-order valence-electron chi connectivity index (χ4n) is 1.35. The van der Waals surface area contributed by atoms with E-state index in [4.69, 9.17) is 10.8 Å². The number of carbonyl (C=O) groups excluding carboxylic acids is 1. The predicted molar refractivity (Wildman–Crippen MR) is 51.4 cm³/mol. The van der Waals surface area contributed by atoms with Gasteiger partial charge in [0, 0.05) is 24.7 Å². The van der Waals surface area contributed by atoms with E-state index in [9.17, 15) is 18.0 Å². The topological polar surface area (TPSA) is 72.6 Å². The number of rotatable bonds is 4. The van der Waals surface area contributed by atoms with Gasteiger partial charge in [0.25, 0.3) is 0 Å². The van der Waals surface area contributed by atoms with Crippen molar-refractivity contribution in [3.8, 4) is 0 Å². The van der Waals surface area contributed by atoms with Crippen molar-refractivity contribution in [2.24, 2.45) is 5.73 Å². The number of ether oxygens (including phenoxy) is 1. The van der Waals surface area contributed by atoms with E-state index in [1.807, 2.05) is 0 Å². The predicted octanol–water partition coefficient (Wildman–Crippen LogP) is 1.62. The zero-order chi connectivity index (χ0) is 13.0. The monoisotopic (exact) mass is 249 g/mol. The Morgan fingerprint density at radius 1 is 1.41 bits per heavy atom. The summed E-state index contributed by atoms with van der Waals surface area (Å²) in [5, 5.41) is 8.70. The Hall–Kier alpha value is -1.76. The second kappa shape index (κ2) is 5.53. The third-order valence-electron chi connectivity index (χ3n) is 2.02. The Morgan fingerprint density at radius 3 is 2.59 bits per heavy atom. The number of hydrogen-bond donors (Lipinski definition) is 2. The van der Waals surface area contributed by atoms with Crippen LogP contribution < -0.4 is 5.73 Å². The first kappa shape index (κ1) is 13.3. The number of primary amides is 1. The summed E-state index contributed by atoms with van der Waals surface area (Å²) in [4.78, 5) is 10.5. The molecule has 0 aliphatic heterocycles. The smallest absolute Gasteiger partial charge is 0.405 e.